The first-order chi connectivity index (χ1) is 13.0. The SMILES string of the molecule is CCCCn1c(O)c([C@@H]2c3cc4c(cc3CCN2C)OCO4)c(=O)[nH]c1=O. The Balaban J connectivity index is 1.89. The third-order valence-corrected chi connectivity index (χ3v) is 5.32. The van der Waals surface area contributed by atoms with E-state index >= 15 is 0 Å². The fourth-order valence-electron chi connectivity index (χ4n) is 3.86. The topological polar surface area (TPSA) is 96.8 Å². The Kier molecular flexibility index (Phi) is 4.43. The molecular formula is C19H23N3O5. The lowest BCUT2D eigenvalue weighted by molar-refractivity contribution is 0.174. The number of nitrogens with zero attached hydrogens (tertiary/aromatic N) is 2. The van der Waals surface area contributed by atoms with Gasteiger partial charge in [0.1, 0.15) is 0 Å². The van der Waals surface area contributed by atoms with Gasteiger partial charge in [-0.05, 0) is 43.1 Å². The van der Waals surface area contributed by atoms with E-state index in [-0.39, 0.29) is 18.2 Å². The highest BCUT2D eigenvalue weighted by atomic mass is 16.7. The molecular weight excluding hydrogens is 350 g/mol. The molecule has 0 aliphatic carbocycles. The fraction of sp³-hybridized carbons (Fsp3) is 0.474. The zero-order valence-electron chi connectivity index (χ0n) is 15.4. The second-order valence-corrected chi connectivity index (χ2v) is 7.04. The van der Waals surface area contributed by atoms with Crippen molar-refractivity contribution in [1.29, 1.82) is 0 Å². The van der Waals surface area contributed by atoms with E-state index in [1.54, 1.807) is 0 Å². The molecule has 0 saturated heterocycles. The van der Waals surface area contributed by atoms with E-state index in [9.17, 15) is 14.7 Å². The zero-order chi connectivity index (χ0) is 19.1. The van der Waals surface area contributed by atoms with Gasteiger partial charge in [0.05, 0.1) is 11.6 Å². The number of aromatic hydroxyl groups is 1. The molecule has 1 atom stereocenters. The molecule has 0 amide bonds. The van der Waals surface area contributed by atoms with Crippen LogP contribution in [0.25, 0.3) is 0 Å². The summed E-state index contributed by atoms with van der Waals surface area (Å²) in [4.78, 5) is 29.2. The highest BCUT2D eigenvalue weighted by Crippen LogP contribution is 2.42. The van der Waals surface area contributed by atoms with Gasteiger partial charge in [-0.15, -0.1) is 0 Å². The Morgan fingerprint density at radius 1 is 1.26 bits per heavy atom. The summed E-state index contributed by atoms with van der Waals surface area (Å²) >= 11 is 0. The first kappa shape index (κ1) is 17.7. The molecule has 2 N–H and O–H groups in total. The van der Waals surface area contributed by atoms with Crippen molar-refractivity contribution in [3.8, 4) is 17.4 Å². The molecule has 2 aliphatic rings. The molecule has 0 bridgehead atoms. The van der Waals surface area contributed by atoms with E-state index in [4.69, 9.17) is 9.47 Å². The summed E-state index contributed by atoms with van der Waals surface area (Å²) in [5, 5.41) is 10.8. The van der Waals surface area contributed by atoms with E-state index in [1.807, 2.05) is 31.0 Å². The Hall–Kier alpha value is -2.74. The number of fused-ring (bicyclic) bond motifs is 2. The lowest BCUT2D eigenvalue weighted by Gasteiger charge is -2.34. The number of hydrogen-bond donors (Lipinski definition) is 2. The van der Waals surface area contributed by atoms with Gasteiger partial charge in [0.15, 0.2) is 11.5 Å². The molecule has 8 heteroatoms. The normalized spacial score (nSPS) is 18.5. The van der Waals surface area contributed by atoms with Gasteiger partial charge < -0.3 is 14.6 Å². The van der Waals surface area contributed by atoms with Crippen molar-refractivity contribution in [3.63, 3.8) is 0 Å². The molecule has 8 nitrogen and oxygen atoms in total. The second kappa shape index (κ2) is 6.77. The molecule has 27 heavy (non-hydrogen) atoms. The number of aromatic nitrogens is 2. The predicted molar refractivity (Wildman–Crippen MR) is 98.6 cm³/mol. The number of unbranched alkanes of at least 4 members (excludes halogenated alkanes) is 1. The zero-order valence-corrected chi connectivity index (χ0v) is 15.4. The minimum atomic E-state index is -0.584. The van der Waals surface area contributed by atoms with Crippen molar-refractivity contribution in [1.82, 2.24) is 14.5 Å². The number of hydrogen-bond acceptors (Lipinski definition) is 6. The molecule has 0 radical (unpaired) electrons. The monoisotopic (exact) mass is 373 g/mol. The van der Waals surface area contributed by atoms with Crippen LogP contribution >= 0.6 is 0 Å². The van der Waals surface area contributed by atoms with Gasteiger partial charge in [-0.2, -0.15) is 0 Å². The number of likely N-dealkylation sites (N-methyl/N-ethyl adjacent to an activating group) is 1. The average Bonchev–Trinajstić information content (AvgIpc) is 3.09. The number of ether oxygens (including phenoxy) is 2. The van der Waals surface area contributed by atoms with Gasteiger partial charge in [0.25, 0.3) is 5.56 Å². The van der Waals surface area contributed by atoms with E-state index in [0.717, 1.165) is 30.4 Å². The molecule has 144 valence electrons. The van der Waals surface area contributed by atoms with Crippen LogP contribution in [-0.2, 0) is 13.0 Å². The van der Waals surface area contributed by atoms with Gasteiger partial charge in [-0.25, -0.2) is 4.79 Å². The van der Waals surface area contributed by atoms with Gasteiger partial charge in [-0.1, -0.05) is 13.3 Å². The Morgan fingerprint density at radius 3 is 2.74 bits per heavy atom. The molecule has 0 fully saturated rings. The van der Waals surface area contributed by atoms with Crippen LogP contribution in [0.2, 0.25) is 0 Å². The van der Waals surface area contributed by atoms with E-state index in [1.165, 1.54) is 4.57 Å². The van der Waals surface area contributed by atoms with E-state index in [0.29, 0.717) is 24.6 Å². The van der Waals surface area contributed by atoms with Gasteiger partial charge in [0, 0.05) is 13.1 Å². The lowest BCUT2D eigenvalue weighted by atomic mass is 9.88. The van der Waals surface area contributed by atoms with Crippen molar-refractivity contribution in [2.75, 3.05) is 20.4 Å². The quantitative estimate of drug-likeness (QED) is 0.840. The number of aromatic amines is 1. The highest BCUT2D eigenvalue weighted by molar-refractivity contribution is 5.53. The molecule has 3 heterocycles. The van der Waals surface area contributed by atoms with Crippen LogP contribution in [-0.4, -0.2) is 39.9 Å². The minimum Gasteiger partial charge on any atom is -0.494 e. The third-order valence-electron chi connectivity index (χ3n) is 5.32. The van der Waals surface area contributed by atoms with Crippen molar-refractivity contribution < 1.29 is 14.6 Å². The first-order valence-electron chi connectivity index (χ1n) is 9.20. The van der Waals surface area contributed by atoms with Gasteiger partial charge in [0.2, 0.25) is 12.7 Å². The van der Waals surface area contributed by atoms with Crippen molar-refractivity contribution in [2.24, 2.45) is 0 Å². The molecule has 2 aliphatic heterocycles. The number of benzene rings is 1. The summed E-state index contributed by atoms with van der Waals surface area (Å²) in [6.45, 7) is 3.24. The lowest BCUT2D eigenvalue weighted by Crippen LogP contribution is -2.40. The van der Waals surface area contributed by atoms with Crippen molar-refractivity contribution in [3.05, 3.63) is 49.7 Å². The van der Waals surface area contributed by atoms with E-state index in [2.05, 4.69) is 4.98 Å². The van der Waals surface area contributed by atoms with Crippen LogP contribution in [0.15, 0.2) is 21.7 Å². The van der Waals surface area contributed by atoms with Crippen LogP contribution in [0.5, 0.6) is 17.4 Å². The minimum absolute atomic E-state index is 0.173. The molecule has 0 unspecified atom stereocenters. The Labute approximate surface area is 156 Å². The molecule has 1 aromatic heterocycles. The molecule has 4 rings (SSSR count). The third kappa shape index (κ3) is 2.90. The second-order valence-electron chi connectivity index (χ2n) is 7.04. The van der Waals surface area contributed by atoms with Gasteiger partial charge in [-0.3, -0.25) is 19.2 Å². The summed E-state index contributed by atoms with van der Waals surface area (Å²) in [6, 6.07) is 3.34. The summed E-state index contributed by atoms with van der Waals surface area (Å²) in [5.41, 5.74) is 0.974. The molecule has 1 aromatic carbocycles. The number of rotatable bonds is 4. The smallest absolute Gasteiger partial charge is 0.331 e. The summed E-state index contributed by atoms with van der Waals surface area (Å²) in [5.74, 6) is 1.06. The average molecular weight is 373 g/mol. The highest BCUT2D eigenvalue weighted by Gasteiger charge is 2.34. The maximum Gasteiger partial charge on any atom is 0.331 e. The molecule has 0 spiro atoms. The number of nitrogens with one attached hydrogen (secondary N) is 1. The van der Waals surface area contributed by atoms with Crippen LogP contribution in [0.3, 0.4) is 0 Å². The van der Waals surface area contributed by atoms with Crippen LogP contribution in [0.1, 0.15) is 42.5 Å². The maximum absolute atomic E-state index is 12.7. The summed E-state index contributed by atoms with van der Waals surface area (Å²) < 4.78 is 12.2. The van der Waals surface area contributed by atoms with Crippen molar-refractivity contribution >= 4 is 0 Å². The standard InChI is InChI=1S/C19H23N3O5/c1-3-4-6-22-18(24)15(17(23)20-19(22)25)16-12-9-14-13(26-10-27-14)8-11(12)5-7-21(16)2/h8-9,16,24H,3-7,10H2,1-2H3,(H,20,23,25)/t16-/m0/s1. The van der Waals surface area contributed by atoms with Crippen LogP contribution < -0.4 is 20.7 Å². The Bertz CT molecular complexity index is 994. The molecule has 0 saturated carbocycles. The first-order valence-corrected chi connectivity index (χ1v) is 9.20. The maximum atomic E-state index is 12.7. The van der Waals surface area contributed by atoms with Gasteiger partial charge >= 0.3 is 5.69 Å². The van der Waals surface area contributed by atoms with Crippen molar-refractivity contribution in [2.45, 2.75) is 38.8 Å². The van der Waals surface area contributed by atoms with Crippen LogP contribution in [0, 0.1) is 0 Å². The molecule has 2 aromatic rings. The largest absolute Gasteiger partial charge is 0.494 e. The Morgan fingerprint density at radius 2 is 2.00 bits per heavy atom. The van der Waals surface area contributed by atoms with Crippen LogP contribution in [0.4, 0.5) is 0 Å². The fourth-order valence-corrected chi connectivity index (χ4v) is 3.86. The number of H-pyrrole nitrogens is 1. The predicted octanol–water partition coefficient (Wildman–Crippen LogP) is 1.35. The van der Waals surface area contributed by atoms with E-state index < -0.39 is 17.3 Å². The summed E-state index contributed by atoms with van der Waals surface area (Å²) in [6.07, 6.45) is 2.40. The summed E-state index contributed by atoms with van der Waals surface area (Å²) in [7, 11) is 1.90.